The fourth-order valence-corrected chi connectivity index (χ4v) is 4.63. The van der Waals surface area contributed by atoms with E-state index in [-0.39, 0.29) is 29.3 Å². The molecule has 0 amide bonds. The Morgan fingerprint density at radius 2 is 1.79 bits per heavy atom. The zero-order valence-electron chi connectivity index (χ0n) is 15.5. The van der Waals surface area contributed by atoms with Gasteiger partial charge in [0.25, 0.3) is 0 Å². The molecular weight excluding hydrogens is 406 g/mol. The van der Waals surface area contributed by atoms with Gasteiger partial charge >= 0.3 is 5.97 Å². The number of morpholine rings is 1. The molecule has 0 aliphatic carbocycles. The highest BCUT2D eigenvalue weighted by Gasteiger charge is 2.30. The van der Waals surface area contributed by atoms with Gasteiger partial charge in [0.15, 0.2) is 0 Å². The van der Waals surface area contributed by atoms with Crippen molar-refractivity contribution in [3.05, 3.63) is 52.5 Å². The number of halogens is 1. The predicted octanol–water partition coefficient (Wildman–Crippen LogP) is 2.90. The summed E-state index contributed by atoms with van der Waals surface area (Å²) in [6.07, 6.45) is 0. The molecule has 1 aliphatic rings. The number of carbonyl (C=O) groups is 1. The van der Waals surface area contributed by atoms with Gasteiger partial charge in [-0.15, -0.1) is 0 Å². The van der Waals surface area contributed by atoms with Gasteiger partial charge in [0, 0.05) is 18.1 Å². The Hall–Kier alpha value is -2.13. The van der Waals surface area contributed by atoms with E-state index in [9.17, 15) is 13.2 Å². The van der Waals surface area contributed by atoms with Gasteiger partial charge < -0.3 is 14.2 Å². The van der Waals surface area contributed by atoms with Crippen LogP contribution in [0.15, 0.2) is 41.3 Å². The monoisotopic (exact) mass is 425 g/mol. The molecule has 1 fully saturated rings. The normalized spacial score (nSPS) is 15.2. The molecule has 1 heterocycles. The van der Waals surface area contributed by atoms with Crippen LogP contribution >= 0.6 is 11.6 Å². The molecule has 7 nitrogen and oxygen atoms in total. The van der Waals surface area contributed by atoms with E-state index in [0.29, 0.717) is 29.5 Å². The van der Waals surface area contributed by atoms with E-state index in [1.807, 2.05) is 0 Å². The van der Waals surface area contributed by atoms with Crippen molar-refractivity contribution in [3.8, 4) is 11.5 Å². The van der Waals surface area contributed by atoms with Gasteiger partial charge in [-0.25, -0.2) is 13.2 Å². The van der Waals surface area contributed by atoms with Crippen LogP contribution in [0.4, 0.5) is 0 Å². The molecule has 1 saturated heterocycles. The molecule has 150 valence electrons. The van der Waals surface area contributed by atoms with Crippen molar-refractivity contribution < 1.29 is 27.4 Å². The molecular formula is C19H20ClNO6S. The second kappa shape index (κ2) is 8.48. The Balaban J connectivity index is 1.92. The van der Waals surface area contributed by atoms with Crippen LogP contribution in [0.25, 0.3) is 0 Å². The topological polar surface area (TPSA) is 82.1 Å². The molecule has 28 heavy (non-hydrogen) atoms. The van der Waals surface area contributed by atoms with Crippen LogP contribution in [0.2, 0.25) is 5.02 Å². The number of hydrogen-bond acceptors (Lipinski definition) is 6. The molecule has 0 radical (unpaired) electrons. The SMILES string of the molecule is COc1ccc(C(=O)Oc2ccc(Cl)cc2C)cc1S(=O)(=O)N1CCOCC1. The summed E-state index contributed by atoms with van der Waals surface area (Å²) in [5.41, 5.74) is 0.789. The summed E-state index contributed by atoms with van der Waals surface area (Å²) in [7, 11) is -2.47. The fraction of sp³-hybridized carbons (Fsp3) is 0.316. The van der Waals surface area contributed by atoms with Gasteiger partial charge in [-0.1, -0.05) is 11.6 Å². The van der Waals surface area contributed by atoms with Gasteiger partial charge in [-0.05, 0) is 48.9 Å². The van der Waals surface area contributed by atoms with E-state index >= 15 is 0 Å². The number of carbonyl (C=O) groups excluding carboxylic acids is 1. The Bertz CT molecular complexity index is 986. The van der Waals surface area contributed by atoms with E-state index < -0.39 is 16.0 Å². The summed E-state index contributed by atoms with van der Waals surface area (Å²) in [6, 6.07) is 9.05. The Labute approximate surface area is 168 Å². The molecule has 2 aromatic rings. The first-order valence-corrected chi connectivity index (χ1v) is 10.4. The molecule has 1 aliphatic heterocycles. The minimum atomic E-state index is -3.84. The van der Waals surface area contributed by atoms with Crippen LogP contribution < -0.4 is 9.47 Å². The number of ether oxygens (including phenoxy) is 3. The number of sulfonamides is 1. The van der Waals surface area contributed by atoms with E-state index in [4.69, 9.17) is 25.8 Å². The second-order valence-corrected chi connectivity index (χ2v) is 8.52. The van der Waals surface area contributed by atoms with Crippen molar-refractivity contribution in [2.75, 3.05) is 33.4 Å². The van der Waals surface area contributed by atoms with Crippen LogP contribution in [0.1, 0.15) is 15.9 Å². The largest absolute Gasteiger partial charge is 0.495 e. The zero-order chi connectivity index (χ0) is 20.3. The molecule has 0 unspecified atom stereocenters. The van der Waals surface area contributed by atoms with Crippen LogP contribution in [0.3, 0.4) is 0 Å². The van der Waals surface area contributed by atoms with Crippen LogP contribution in [0.5, 0.6) is 11.5 Å². The minimum Gasteiger partial charge on any atom is -0.495 e. The van der Waals surface area contributed by atoms with Crippen molar-refractivity contribution >= 4 is 27.6 Å². The molecule has 9 heteroatoms. The fourth-order valence-electron chi connectivity index (χ4n) is 2.82. The van der Waals surface area contributed by atoms with E-state index in [0.717, 1.165) is 0 Å². The smallest absolute Gasteiger partial charge is 0.343 e. The number of rotatable bonds is 5. The molecule has 0 atom stereocenters. The Morgan fingerprint density at radius 3 is 2.43 bits per heavy atom. The number of nitrogens with zero attached hydrogens (tertiary/aromatic N) is 1. The van der Waals surface area contributed by atoms with E-state index in [2.05, 4.69) is 0 Å². The van der Waals surface area contributed by atoms with Gasteiger partial charge in [-0.3, -0.25) is 0 Å². The summed E-state index contributed by atoms with van der Waals surface area (Å²) in [5, 5.41) is 0.528. The molecule has 0 bridgehead atoms. The Morgan fingerprint density at radius 1 is 1.11 bits per heavy atom. The average Bonchev–Trinajstić information content (AvgIpc) is 2.70. The third-order valence-electron chi connectivity index (χ3n) is 4.33. The van der Waals surface area contributed by atoms with Gasteiger partial charge in [0.2, 0.25) is 10.0 Å². The molecule has 0 spiro atoms. The third kappa shape index (κ3) is 4.30. The Kier molecular flexibility index (Phi) is 6.24. The first kappa shape index (κ1) is 20.6. The summed E-state index contributed by atoms with van der Waals surface area (Å²) >= 11 is 5.91. The van der Waals surface area contributed by atoms with Gasteiger partial charge in [0.1, 0.15) is 16.4 Å². The van der Waals surface area contributed by atoms with Crippen molar-refractivity contribution in [2.24, 2.45) is 0 Å². The summed E-state index contributed by atoms with van der Waals surface area (Å²) in [5.74, 6) is -0.167. The maximum absolute atomic E-state index is 13.0. The van der Waals surface area contributed by atoms with Crippen LogP contribution in [0, 0.1) is 6.92 Å². The van der Waals surface area contributed by atoms with Crippen LogP contribution in [-0.4, -0.2) is 52.1 Å². The predicted molar refractivity (Wildman–Crippen MR) is 104 cm³/mol. The van der Waals surface area contributed by atoms with Crippen molar-refractivity contribution in [2.45, 2.75) is 11.8 Å². The first-order valence-electron chi connectivity index (χ1n) is 8.57. The van der Waals surface area contributed by atoms with Gasteiger partial charge in [0.05, 0.1) is 25.9 Å². The summed E-state index contributed by atoms with van der Waals surface area (Å²) in [6.45, 7) is 2.88. The highest BCUT2D eigenvalue weighted by atomic mass is 35.5. The van der Waals surface area contributed by atoms with Crippen molar-refractivity contribution in [3.63, 3.8) is 0 Å². The van der Waals surface area contributed by atoms with Crippen molar-refractivity contribution in [1.82, 2.24) is 4.31 Å². The maximum Gasteiger partial charge on any atom is 0.343 e. The lowest BCUT2D eigenvalue weighted by Gasteiger charge is -2.26. The molecule has 0 aromatic heterocycles. The number of benzene rings is 2. The quantitative estimate of drug-likeness (QED) is 0.541. The zero-order valence-corrected chi connectivity index (χ0v) is 17.0. The average molecular weight is 426 g/mol. The van der Waals surface area contributed by atoms with Crippen LogP contribution in [-0.2, 0) is 14.8 Å². The minimum absolute atomic E-state index is 0.0841. The number of methoxy groups -OCH3 is 1. The number of aryl methyl sites for hydroxylation is 1. The number of esters is 1. The third-order valence-corrected chi connectivity index (χ3v) is 6.48. The highest BCUT2D eigenvalue weighted by Crippen LogP contribution is 2.29. The lowest BCUT2D eigenvalue weighted by molar-refractivity contribution is 0.0726. The molecule has 0 N–H and O–H groups in total. The summed E-state index contributed by atoms with van der Waals surface area (Å²) in [4.78, 5) is 12.5. The molecule has 0 saturated carbocycles. The summed E-state index contributed by atoms with van der Waals surface area (Å²) < 4.78 is 43.2. The maximum atomic E-state index is 13.0. The van der Waals surface area contributed by atoms with E-state index in [1.165, 1.54) is 29.6 Å². The van der Waals surface area contributed by atoms with Crippen molar-refractivity contribution in [1.29, 1.82) is 0 Å². The molecule has 2 aromatic carbocycles. The molecule has 3 rings (SSSR count). The highest BCUT2D eigenvalue weighted by molar-refractivity contribution is 7.89. The van der Waals surface area contributed by atoms with E-state index in [1.54, 1.807) is 25.1 Å². The lowest BCUT2D eigenvalue weighted by atomic mass is 10.2. The van der Waals surface area contributed by atoms with Gasteiger partial charge in [-0.2, -0.15) is 4.31 Å². The second-order valence-electron chi connectivity index (χ2n) is 6.18. The number of hydrogen-bond donors (Lipinski definition) is 0. The lowest BCUT2D eigenvalue weighted by Crippen LogP contribution is -2.40. The standard InChI is InChI=1S/C19H20ClNO6S/c1-13-11-15(20)4-6-16(13)27-19(22)14-3-5-17(25-2)18(12-14)28(23,24)21-7-9-26-10-8-21/h3-6,11-12H,7-10H2,1-2H3. The first-order chi connectivity index (χ1) is 13.3.